The zero-order valence-corrected chi connectivity index (χ0v) is 24.9. The average Bonchev–Trinajstić information content (AvgIpc) is 2.90. The summed E-state index contributed by atoms with van der Waals surface area (Å²) < 4.78 is 0. The van der Waals surface area contributed by atoms with Crippen LogP contribution in [0.3, 0.4) is 0 Å². The van der Waals surface area contributed by atoms with Crippen molar-refractivity contribution in [2.24, 2.45) is 0 Å². The second-order valence-corrected chi connectivity index (χ2v) is 10.3. The van der Waals surface area contributed by atoms with E-state index in [2.05, 4.69) is 111 Å². The van der Waals surface area contributed by atoms with Crippen molar-refractivity contribution >= 4 is 11.4 Å². The molecule has 0 saturated carbocycles. The van der Waals surface area contributed by atoms with Crippen molar-refractivity contribution < 1.29 is 19.2 Å². The second-order valence-electron chi connectivity index (χ2n) is 9.27. The van der Waals surface area contributed by atoms with E-state index in [0.29, 0.717) is 5.57 Å². The van der Waals surface area contributed by atoms with Crippen molar-refractivity contribution in [1.29, 1.82) is 0 Å². The van der Waals surface area contributed by atoms with Crippen LogP contribution in [0.4, 0.5) is 0 Å². The van der Waals surface area contributed by atoms with Crippen LogP contribution in [-0.4, -0.2) is 10.7 Å². The molecule has 0 aliphatic carbocycles. The number of benzene rings is 2. The van der Waals surface area contributed by atoms with Crippen molar-refractivity contribution in [2.75, 3.05) is 0 Å². The molecule has 0 radical (unpaired) electrons. The van der Waals surface area contributed by atoms with Gasteiger partial charge in [-0.05, 0) is 72.4 Å². The van der Waals surface area contributed by atoms with Gasteiger partial charge in [0.15, 0.2) is 5.57 Å². The Labute approximate surface area is 233 Å². The SMILES string of the molecule is CCCCC#CC(=C=[N+]=[N-])C(C)=C(c1cccc(CCCC)c1)c1cccc(CCCCC)c1.[CH3][Ni][CH3]. The van der Waals surface area contributed by atoms with Gasteiger partial charge in [0.05, 0.1) is 0 Å². The van der Waals surface area contributed by atoms with Crippen LogP contribution in [0.2, 0.25) is 11.8 Å². The Hall–Kier alpha value is -2.61. The van der Waals surface area contributed by atoms with E-state index in [1.54, 1.807) is 14.4 Å². The molecule has 2 nitrogen and oxygen atoms in total. The Morgan fingerprint density at radius 3 is 1.86 bits per heavy atom. The van der Waals surface area contributed by atoms with E-state index in [4.69, 9.17) is 0 Å². The Kier molecular flexibility index (Phi) is 17.9. The maximum absolute atomic E-state index is 9.32. The first kappa shape index (κ1) is 32.4. The van der Waals surface area contributed by atoms with Crippen LogP contribution >= 0.6 is 0 Å². The topological polar surface area (TPSA) is 36.4 Å². The summed E-state index contributed by atoms with van der Waals surface area (Å²) in [5.41, 5.74) is 17.1. The van der Waals surface area contributed by atoms with Gasteiger partial charge in [0.2, 0.25) is 0 Å². The molecule has 0 aromatic heterocycles. The van der Waals surface area contributed by atoms with Gasteiger partial charge in [0.25, 0.3) is 0 Å². The number of aryl methyl sites for hydroxylation is 2. The predicted molar refractivity (Wildman–Crippen MR) is 158 cm³/mol. The molecule has 0 fully saturated rings. The Bertz CT molecular complexity index is 1120. The maximum atomic E-state index is 9.32. The molecule has 3 heteroatoms. The minimum atomic E-state index is 0.643. The first-order chi connectivity index (χ1) is 18.1. The third kappa shape index (κ3) is 12.5. The fourth-order valence-corrected chi connectivity index (χ4v) is 4.12. The standard InChI is InChI=1S/C32H40N2.2CH3.Ni/c1-5-8-11-13-20-31(25-34-33)26(4)32(29-21-14-18-27(23-29)16-10-7-3)30-22-15-19-28(24-30)17-12-9-6-2;;;/h14-15,18-19,21-24H,5-12,16-17H2,1-4H3;2*1H3;. The third-order valence-electron chi connectivity index (χ3n) is 6.10. The molecule has 2 rings (SSSR count). The molecule has 0 aliphatic rings. The molecular weight excluding hydrogens is 495 g/mol. The van der Waals surface area contributed by atoms with Gasteiger partial charge in [-0.15, -0.1) is 4.79 Å². The van der Waals surface area contributed by atoms with Crippen molar-refractivity contribution in [3.05, 3.63) is 87.5 Å². The summed E-state index contributed by atoms with van der Waals surface area (Å²) in [4.78, 5) is 3.23. The van der Waals surface area contributed by atoms with E-state index in [1.807, 2.05) is 0 Å². The fourth-order valence-electron chi connectivity index (χ4n) is 4.12. The van der Waals surface area contributed by atoms with E-state index in [9.17, 15) is 5.53 Å². The summed E-state index contributed by atoms with van der Waals surface area (Å²) in [7, 11) is 0. The van der Waals surface area contributed by atoms with Gasteiger partial charge >= 0.3 is 32.1 Å². The number of hydrogen-bond donors (Lipinski definition) is 0. The molecule has 0 saturated heterocycles. The van der Waals surface area contributed by atoms with Crippen LogP contribution in [0, 0.1) is 11.8 Å². The van der Waals surface area contributed by atoms with E-state index in [-0.39, 0.29) is 0 Å². The van der Waals surface area contributed by atoms with Gasteiger partial charge < -0.3 is 5.53 Å². The van der Waals surface area contributed by atoms with Gasteiger partial charge in [-0.25, -0.2) is 0 Å². The van der Waals surface area contributed by atoms with Gasteiger partial charge in [-0.3, -0.25) is 0 Å². The molecular formula is C34H46N2Ni. The van der Waals surface area contributed by atoms with Crippen LogP contribution in [-0.2, 0) is 27.3 Å². The van der Waals surface area contributed by atoms with Gasteiger partial charge in [-0.2, -0.15) is 0 Å². The molecule has 0 spiro atoms. The van der Waals surface area contributed by atoms with Gasteiger partial charge in [-0.1, -0.05) is 107 Å². The number of rotatable bonds is 12. The summed E-state index contributed by atoms with van der Waals surface area (Å²) >= 11 is 1.62. The molecule has 37 heavy (non-hydrogen) atoms. The van der Waals surface area contributed by atoms with Crippen LogP contribution in [0.1, 0.15) is 101 Å². The summed E-state index contributed by atoms with van der Waals surface area (Å²) in [6, 6.07) is 17.7. The molecule has 2 aromatic rings. The summed E-state index contributed by atoms with van der Waals surface area (Å²) in [5.74, 6) is 13.3. The number of hydrogen-bond acceptors (Lipinski definition) is 0. The molecule has 0 heterocycles. The summed E-state index contributed by atoms with van der Waals surface area (Å²) in [5, 5.41) is 0. The Morgan fingerprint density at radius 1 is 0.811 bits per heavy atom. The summed E-state index contributed by atoms with van der Waals surface area (Å²) in [6.45, 7) is 8.70. The zero-order chi connectivity index (χ0) is 27.3. The molecule has 0 unspecified atom stereocenters. The minimum absolute atomic E-state index is 0.643. The first-order valence-electron chi connectivity index (χ1n) is 13.6. The van der Waals surface area contributed by atoms with Crippen LogP contribution in [0.5, 0.6) is 0 Å². The first-order valence-corrected chi connectivity index (χ1v) is 15.6. The molecule has 0 atom stereocenters. The van der Waals surface area contributed by atoms with Gasteiger partial charge in [0, 0.05) is 6.42 Å². The van der Waals surface area contributed by atoms with Crippen molar-refractivity contribution in [3.8, 4) is 11.8 Å². The number of unbranched alkanes of at least 4 members (excludes halogenated alkanes) is 5. The van der Waals surface area contributed by atoms with Crippen molar-refractivity contribution in [3.63, 3.8) is 0 Å². The van der Waals surface area contributed by atoms with E-state index in [1.165, 1.54) is 54.4 Å². The number of nitrogens with zero attached hydrogens (tertiary/aromatic N) is 2. The van der Waals surface area contributed by atoms with Crippen LogP contribution in [0.25, 0.3) is 11.1 Å². The van der Waals surface area contributed by atoms with Gasteiger partial charge in [0.1, 0.15) is 0 Å². The zero-order valence-electron chi connectivity index (χ0n) is 23.9. The quantitative estimate of drug-likeness (QED) is 0.0488. The molecule has 202 valence electrons. The molecule has 0 bridgehead atoms. The van der Waals surface area contributed by atoms with Crippen molar-refractivity contribution in [1.82, 2.24) is 0 Å². The molecule has 0 aliphatic heterocycles. The van der Waals surface area contributed by atoms with E-state index >= 15 is 0 Å². The van der Waals surface area contributed by atoms with E-state index < -0.39 is 0 Å². The normalized spacial score (nSPS) is 10.8. The summed E-state index contributed by atoms with van der Waals surface area (Å²) in [6.07, 6.45) is 11.2. The van der Waals surface area contributed by atoms with Crippen LogP contribution in [0.15, 0.2) is 59.7 Å². The second kappa shape index (κ2) is 20.5. The average molecular weight is 541 g/mol. The van der Waals surface area contributed by atoms with Crippen molar-refractivity contribution in [2.45, 2.75) is 104 Å². The molecule has 0 amide bonds. The molecule has 0 N–H and O–H groups in total. The Morgan fingerprint density at radius 2 is 1.35 bits per heavy atom. The monoisotopic (exact) mass is 540 g/mol. The Balaban J connectivity index is 0.00000217. The van der Waals surface area contributed by atoms with E-state index in [0.717, 1.165) is 43.3 Å². The number of allylic oxidation sites excluding steroid dienone is 2. The fraction of sp³-hybridized carbons (Fsp3) is 0.471. The third-order valence-corrected chi connectivity index (χ3v) is 6.10. The molecule has 2 aromatic carbocycles. The predicted octanol–water partition coefficient (Wildman–Crippen LogP) is 9.77. The van der Waals surface area contributed by atoms with Crippen LogP contribution < -0.4 is 0 Å².